The second-order valence-electron chi connectivity index (χ2n) is 3.37. The summed E-state index contributed by atoms with van der Waals surface area (Å²) in [5.74, 6) is 1.26. The molecule has 5 nitrogen and oxygen atoms in total. The Hall–Kier alpha value is -1.95. The van der Waals surface area contributed by atoms with Crippen LogP contribution < -0.4 is 10.2 Å². The van der Waals surface area contributed by atoms with Crippen LogP contribution in [0.3, 0.4) is 0 Å². The Morgan fingerprint density at radius 1 is 1.22 bits per heavy atom. The standard InChI is InChI=1S/C12H11BrN4O/c1-18-11-4-2-9(3-5-11)6-16-17-12-14-7-10(13)8-15-12/h2-8H,1H3,(H,14,15,17)/b16-6-. The molecule has 0 bridgehead atoms. The number of aromatic nitrogens is 2. The minimum atomic E-state index is 0.447. The maximum atomic E-state index is 5.07. The fourth-order valence-electron chi connectivity index (χ4n) is 1.22. The molecular weight excluding hydrogens is 296 g/mol. The number of hydrogen-bond donors (Lipinski definition) is 1. The first-order valence-corrected chi connectivity index (χ1v) is 5.98. The number of anilines is 1. The zero-order valence-electron chi connectivity index (χ0n) is 9.67. The van der Waals surface area contributed by atoms with Crippen LogP contribution in [0.2, 0.25) is 0 Å². The Bertz CT molecular complexity index is 525. The number of hydrazone groups is 1. The fraction of sp³-hybridized carbons (Fsp3) is 0.0833. The van der Waals surface area contributed by atoms with Crippen molar-refractivity contribution in [3.63, 3.8) is 0 Å². The Morgan fingerprint density at radius 2 is 1.89 bits per heavy atom. The second kappa shape index (κ2) is 6.11. The summed E-state index contributed by atoms with van der Waals surface area (Å²) in [6, 6.07) is 7.56. The van der Waals surface area contributed by atoms with Gasteiger partial charge in [-0.05, 0) is 45.8 Å². The van der Waals surface area contributed by atoms with E-state index in [1.165, 1.54) is 0 Å². The molecule has 0 radical (unpaired) electrons. The lowest BCUT2D eigenvalue weighted by atomic mass is 10.2. The van der Waals surface area contributed by atoms with Gasteiger partial charge in [0, 0.05) is 12.4 Å². The number of halogens is 1. The van der Waals surface area contributed by atoms with Crippen molar-refractivity contribution in [2.75, 3.05) is 12.5 Å². The van der Waals surface area contributed by atoms with Crippen LogP contribution in [0.4, 0.5) is 5.95 Å². The Labute approximate surface area is 113 Å². The molecule has 1 heterocycles. The quantitative estimate of drug-likeness (QED) is 0.697. The van der Waals surface area contributed by atoms with Crippen molar-refractivity contribution < 1.29 is 4.74 Å². The van der Waals surface area contributed by atoms with Crippen molar-refractivity contribution in [3.05, 3.63) is 46.7 Å². The Balaban J connectivity index is 1.96. The molecule has 0 aliphatic heterocycles. The van der Waals surface area contributed by atoms with E-state index in [0.29, 0.717) is 5.95 Å². The molecule has 0 aliphatic carbocycles. The summed E-state index contributed by atoms with van der Waals surface area (Å²) in [5, 5.41) is 4.04. The summed E-state index contributed by atoms with van der Waals surface area (Å²) < 4.78 is 5.90. The van der Waals surface area contributed by atoms with Gasteiger partial charge >= 0.3 is 0 Å². The third kappa shape index (κ3) is 3.53. The van der Waals surface area contributed by atoms with Crippen molar-refractivity contribution in [3.8, 4) is 5.75 Å². The molecule has 0 fully saturated rings. The summed E-state index contributed by atoms with van der Waals surface area (Å²) in [5.41, 5.74) is 3.70. The van der Waals surface area contributed by atoms with Crippen molar-refractivity contribution in [2.45, 2.75) is 0 Å². The first kappa shape index (κ1) is 12.5. The van der Waals surface area contributed by atoms with E-state index in [2.05, 4.69) is 36.4 Å². The number of rotatable bonds is 4. The van der Waals surface area contributed by atoms with Crippen LogP contribution in [0, 0.1) is 0 Å². The van der Waals surface area contributed by atoms with Crippen LogP contribution in [0.15, 0.2) is 46.2 Å². The van der Waals surface area contributed by atoms with Crippen molar-refractivity contribution in [2.24, 2.45) is 5.10 Å². The number of benzene rings is 1. The lowest BCUT2D eigenvalue weighted by Gasteiger charge is -1.99. The molecule has 1 N–H and O–H groups in total. The number of nitrogens with one attached hydrogen (secondary N) is 1. The van der Waals surface area contributed by atoms with Gasteiger partial charge in [0.2, 0.25) is 5.95 Å². The van der Waals surface area contributed by atoms with E-state index in [1.54, 1.807) is 25.7 Å². The number of hydrogen-bond acceptors (Lipinski definition) is 5. The SMILES string of the molecule is COc1ccc(/C=N\Nc2ncc(Br)cn2)cc1. The average Bonchev–Trinajstić information content (AvgIpc) is 2.42. The summed E-state index contributed by atoms with van der Waals surface area (Å²) in [6.45, 7) is 0. The van der Waals surface area contributed by atoms with Gasteiger partial charge in [-0.3, -0.25) is 0 Å². The first-order valence-electron chi connectivity index (χ1n) is 5.18. The molecule has 0 spiro atoms. The molecule has 92 valence electrons. The van der Waals surface area contributed by atoms with Crippen molar-refractivity contribution in [1.29, 1.82) is 0 Å². The highest BCUT2D eigenvalue weighted by Crippen LogP contribution is 2.10. The van der Waals surface area contributed by atoms with E-state index in [4.69, 9.17) is 4.74 Å². The highest BCUT2D eigenvalue weighted by Gasteiger charge is 1.93. The lowest BCUT2D eigenvalue weighted by molar-refractivity contribution is 0.415. The van der Waals surface area contributed by atoms with E-state index in [0.717, 1.165) is 15.8 Å². The fourth-order valence-corrected chi connectivity index (χ4v) is 1.43. The van der Waals surface area contributed by atoms with E-state index in [9.17, 15) is 0 Å². The zero-order valence-corrected chi connectivity index (χ0v) is 11.3. The average molecular weight is 307 g/mol. The number of methoxy groups -OCH3 is 1. The highest BCUT2D eigenvalue weighted by molar-refractivity contribution is 9.10. The van der Waals surface area contributed by atoms with Crippen molar-refractivity contribution in [1.82, 2.24) is 9.97 Å². The van der Waals surface area contributed by atoms with Gasteiger partial charge in [0.1, 0.15) is 5.75 Å². The molecule has 18 heavy (non-hydrogen) atoms. The third-order valence-electron chi connectivity index (χ3n) is 2.11. The molecule has 0 saturated heterocycles. The van der Waals surface area contributed by atoms with Crippen molar-refractivity contribution >= 4 is 28.1 Å². The van der Waals surface area contributed by atoms with E-state index in [1.807, 2.05) is 24.3 Å². The summed E-state index contributed by atoms with van der Waals surface area (Å²) in [4.78, 5) is 8.07. The van der Waals surface area contributed by atoms with E-state index < -0.39 is 0 Å². The maximum Gasteiger partial charge on any atom is 0.243 e. The Kier molecular flexibility index (Phi) is 4.25. The van der Waals surface area contributed by atoms with Crippen LogP contribution in [0.5, 0.6) is 5.75 Å². The molecular formula is C12H11BrN4O. The minimum absolute atomic E-state index is 0.447. The van der Waals surface area contributed by atoms with Crippen LogP contribution in [-0.4, -0.2) is 23.3 Å². The van der Waals surface area contributed by atoms with Crippen LogP contribution >= 0.6 is 15.9 Å². The summed E-state index contributed by atoms with van der Waals surface area (Å²) in [7, 11) is 1.63. The molecule has 1 aromatic carbocycles. The van der Waals surface area contributed by atoms with Gasteiger partial charge in [0.15, 0.2) is 0 Å². The Morgan fingerprint density at radius 3 is 2.50 bits per heavy atom. The molecule has 6 heteroatoms. The molecule has 0 unspecified atom stereocenters. The maximum absolute atomic E-state index is 5.07. The van der Waals surface area contributed by atoms with Gasteiger partial charge in [-0.15, -0.1) is 0 Å². The molecule has 0 aliphatic rings. The number of ether oxygens (including phenoxy) is 1. The predicted octanol–water partition coefficient (Wildman–Crippen LogP) is 2.69. The normalized spacial score (nSPS) is 10.6. The minimum Gasteiger partial charge on any atom is -0.497 e. The summed E-state index contributed by atoms with van der Waals surface area (Å²) >= 11 is 3.26. The van der Waals surface area contributed by atoms with Gasteiger partial charge < -0.3 is 4.74 Å². The monoisotopic (exact) mass is 306 g/mol. The van der Waals surface area contributed by atoms with Crippen LogP contribution in [-0.2, 0) is 0 Å². The third-order valence-corrected chi connectivity index (χ3v) is 2.52. The van der Waals surface area contributed by atoms with Gasteiger partial charge in [-0.1, -0.05) is 0 Å². The molecule has 1 aromatic heterocycles. The van der Waals surface area contributed by atoms with E-state index >= 15 is 0 Å². The smallest absolute Gasteiger partial charge is 0.243 e. The first-order chi connectivity index (χ1) is 8.78. The highest BCUT2D eigenvalue weighted by atomic mass is 79.9. The molecule has 0 amide bonds. The van der Waals surface area contributed by atoms with Gasteiger partial charge in [0.05, 0.1) is 17.8 Å². The lowest BCUT2D eigenvalue weighted by Crippen LogP contribution is -1.95. The van der Waals surface area contributed by atoms with Crippen LogP contribution in [0.25, 0.3) is 0 Å². The molecule has 0 saturated carbocycles. The van der Waals surface area contributed by atoms with Gasteiger partial charge in [-0.25, -0.2) is 15.4 Å². The zero-order chi connectivity index (χ0) is 12.8. The topological polar surface area (TPSA) is 59.4 Å². The van der Waals surface area contributed by atoms with Crippen LogP contribution in [0.1, 0.15) is 5.56 Å². The van der Waals surface area contributed by atoms with E-state index in [-0.39, 0.29) is 0 Å². The molecule has 0 atom stereocenters. The van der Waals surface area contributed by atoms with Gasteiger partial charge in [-0.2, -0.15) is 5.10 Å². The molecule has 2 aromatic rings. The number of nitrogens with zero attached hydrogens (tertiary/aromatic N) is 3. The predicted molar refractivity (Wildman–Crippen MR) is 73.9 cm³/mol. The second-order valence-corrected chi connectivity index (χ2v) is 4.28. The summed E-state index contributed by atoms with van der Waals surface area (Å²) in [6.07, 6.45) is 4.99. The molecule has 2 rings (SSSR count). The van der Waals surface area contributed by atoms with Gasteiger partial charge in [0.25, 0.3) is 0 Å². The largest absolute Gasteiger partial charge is 0.497 e.